The third kappa shape index (κ3) is 6.85. The molecule has 0 radical (unpaired) electrons. The summed E-state index contributed by atoms with van der Waals surface area (Å²) < 4.78 is 19.5. The van der Waals surface area contributed by atoms with Gasteiger partial charge in [-0.25, -0.2) is 9.79 Å². The number of aromatic nitrogens is 1. The lowest BCUT2D eigenvalue weighted by molar-refractivity contribution is -0.138. The molecule has 256 valence electrons. The SMILES string of the molecule is CCOC(=O)C1=C(c2ccccc2)N=c2s/c(=C\c3cc(Cl)c(OCc4cccc5ccccc45)c(OC)c3)c(=O)n2[C@@H]1c1ccc(SC)cc1. The summed E-state index contributed by atoms with van der Waals surface area (Å²) in [7, 11) is 1.55. The highest BCUT2D eigenvalue weighted by Gasteiger charge is 2.35. The quantitative estimate of drug-likeness (QED) is 0.105. The Bertz CT molecular complexity index is 2470. The monoisotopic (exact) mass is 732 g/mol. The van der Waals surface area contributed by atoms with Gasteiger partial charge in [0.2, 0.25) is 0 Å². The first-order valence-corrected chi connectivity index (χ1v) is 18.7. The molecule has 2 heterocycles. The van der Waals surface area contributed by atoms with Gasteiger partial charge in [0, 0.05) is 10.5 Å². The first kappa shape index (κ1) is 34.4. The van der Waals surface area contributed by atoms with Gasteiger partial charge in [0.15, 0.2) is 16.3 Å². The fourth-order valence-corrected chi connectivity index (χ4v) is 7.91. The van der Waals surface area contributed by atoms with Gasteiger partial charge < -0.3 is 14.2 Å². The Kier molecular flexibility index (Phi) is 10.1. The molecule has 1 aliphatic rings. The molecule has 0 fully saturated rings. The van der Waals surface area contributed by atoms with Crippen molar-refractivity contribution in [2.45, 2.75) is 24.5 Å². The van der Waals surface area contributed by atoms with Crippen LogP contribution in [0.4, 0.5) is 0 Å². The van der Waals surface area contributed by atoms with Crippen molar-refractivity contribution in [2.24, 2.45) is 4.99 Å². The van der Waals surface area contributed by atoms with Gasteiger partial charge in [-0.05, 0) is 71.0 Å². The molecule has 10 heteroatoms. The number of thiazole rings is 1. The number of fused-ring (bicyclic) bond motifs is 2. The Morgan fingerprint density at radius 2 is 1.73 bits per heavy atom. The van der Waals surface area contributed by atoms with Crippen molar-refractivity contribution in [3.8, 4) is 11.5 Å². The number of benzene rings is 5. The van der Waals surface area contributed by atoms with Gasteiger partial charge in [0.05, 0.1) is 40.6 Å². The van der Waals surface area contributed by atoms with E-state index in [0.717, 1.165) is 32.4 Å². The van der Waals surface area contributed by atoms with Crippen molar-refractivity contribution in [2.75, 3.05) is 20.0 Å². The molecule has 0 bridgehead atoms. The molecular formula is C41H33ClN2O5S2. The second-order valence-corrected chi connectivity index (χ2v) is 14.0. The molecule has 51 heavy (non-hydrogen) atoms. The van der Waals surface area contributed by atoms with Crippen molar-refractivity contribution < 1.29 is 19.0 Å². The van der Waals surface area contributed by atoms with Crippen LogP contribution in [0.5, 0.6) is 11.5 Å². The number of hydrogen-bond acceptors (Lipinski definition) is 8. The Labute approximate surface area is 308 Å². The zero-order valence-electron chi connectivity index (χ0n) is 28.1. The lowest BCUT2D eigenvalue weighted by Crippen LogP contribution is -2.40. The number of rotatable bonds is 10. The van der Waals surface area contributed by atoms with E-state index in [4.69, 9.17) is 30.8 Å². The normalized spacial score (nSPS) is 14.3. The molecule has 1 atom stereocenters. The Hall–Kier alpha value is -5.09. The van der Waals surface area contributed by atoms with Crippen molar-refractivity contribution in [3.05, 3.63) is 162 Å². The maximum atomic E-state index is 14.4. The first-order chi connectivity index (χ1) is 24.9. The van der Waals surface area contributed by atoms with Crippen LogP contribution in [-0.2, 0) is 16.1 Å². The standard InChI is InChI=1S/C41H33ClN2O5S2/c1-4-48-40(46)35-36(27-12-6-5-7-13-27)43-41-44(37(35)28-17-19-30(50-3)20-18-28)39(45)34(51-41)23-25-21-32(42)38(33(22-25)47-2)49-24-29-15-10-14-26-11-8-9-16-31(26)29/h5-23,37H,4,24H2,1-3H3/b34-23-/t37-/m1/s1. The summed E-state index contributed by atoms with van der Waals surface area (Å²) >= 11 is 9.68. The van der Waals surface area contributed by atoms with E-state index in [1.807, 2.05) is 85.1 Å². The smallest absolute Gasteiger partial charge is 0.338 e. The average Bonchev–Trinajstić information content (AvgIpc) is 3.47. The van der Waals surface area contributed by atoms with Crippen LogP contribution in [0, 0.1) is 0 Å². The number of ether oxygens (including phenoxy) is 3. The van der Waals surface area contributed by atoms with Crippen LogP contribution in [0.2, 0.25) is 5.02 Å². The predicted octanol–water partition coefficient (Wildman–Crippen LogP) is 8.05. The summed E-state index contributed by atoms with van der Waals surface area (Å²) in [6, 6.07) is 34.4. The third-order valence-corrected chi connectivity index (χ3v) is 10.6. The van der Waals surface area contributed by atoms with Crippen LogP contribution < -0.4 is 24.4 Å². The van der Waals surface area contributed by atoms with Crippen LogP contribution in [0.15, 0.2) is 129 Å². The number of halogens is 1. The van der Waals surface area contributed by atoms with Crippen molar-refractivity contribution in [1.29, 1.82) is 0 Å². The molecule has 7 rings (SSSR count). The highest BCUT2D eigenvalue weighted by atomic mass is 35.5. The Morgan fingerprint density at radius 3 is 2.47 bits per heavy atom. The van der Waals surface area contributed by atoms with E-state index in [-0.39, 0.29) is 12.2 Å². The molecule has 6 aromatic rings. The fourth-order valence-electron chi connectivity index (χ4n) is 6.22. The topological polar surface area (TPSA) is 79.1 Å². The third-order valence-electron chi connectivity index (χ3n) is 8.61. The zero-order valence-corrected chi connectivity index (χ0v) is 30.5. The molecule has 7 nitrogen and oxygen atoms in total. The second kappa shape index (κ2) is 15.0. The summed E-state index contributed by atoms with van der Waals surface area (Å²) in [6.45, 7) is 2.23. The van der Waals surface area contributed by atoms with Crippen LogP contribution in [0.1, 0.15) is 35.2 Å². The zero-order chi connectivity index (χ0) is 35.5. The molecule has 1 aromatic heterocycles. The van der Waals surface area contributed by atoms with Gasteiger partial charge >= 0.3 is 5.97 Å². The average molecular weight is 733 g/mol. The van der Waals surface area contributed by atoms with E-state index in [2.05, 4.69) is 18.2 Å². The van der Waals surface area contributed by atoms with Crippen molar-refractivity contribution in [1.82, 2.24) is 4.57 Å². The van der Waals surface area contributed by atoms with Gasteiger partial charge in [-0.1, -0.05) is 108 Å². The van der Waals surface area contributed by atoms with E-state index in [9.17, 15) is 9.59 Å². The predicted molar refractivity (Wildman–Crippen MR) is 206 cm³/mol. The molecule has 0 amide bonds. The molecule has 1 aliphatic heterocycles. The summed E-state index contributed by atoms with van der Waals surface area (Å²) in [4.78, 5) is 34.6. The molecular weight excluding hydrogens is 700 g/mol. The maximum Gasteiger partial charge on any atom is 0.338 e. The van der Waals surface area contributed by atoms with Gasteiger partial charge in [-0.15, -0.1) is 11.8 Å². The van der Waals surface area contributed by atoms with Gasteiger partial charge in [-0.2, -0.15) is 0 Å². The molecule has 5 aromatic carbocycles. The molecule has 0 spiro atoms. The first-order valence-electron chi connectivity index (χ1n) is 16.3. The van der Waals surface area contributed by atoms with E-state index in [1.54, 1.807) is 48.6 Å². The summed E-state index contributed by atoms with van der Waals surface area (Å²) in [5.41, 5.74) is 3.66. The molecule has 0 unspecified atom stereocenters. The fraction of sp³-hybridized carbons (Fsp3) is 0.146. The van der Waals surface area contributed by atoms with Crippen LogP contribution in [0.25, 0.3) is 22.5 Å². The van der Waals surface area contributed by atoms with Gasteiger partial charge in [-0.3, -0.25) is 9.36 Å². The lowest BCUT2D eigenvalue weighted by atomic mass is 9.93. The van der Waals surface area contributed by atoms with E-state index in [0.29, 0.717) is 49.3 Å². The van der Waals surface area contributed by atoms with Crippen LogP contribution in [0.3, 0.4) is 0 Å². The van der Waals surface area contributed by atoms with E-state index in [1.165, 1.54) is 11.3 Å². The Morgan fingerprint density at radius 1 is 0.980 bits per heavy atom. The molecule has 0 aliphatic carbocycles. The minimum Gasteiger partial charge on any atom is -0.493 e. The number of nitrogens with zero attached hydrogens (tertiary/aromatic N) is 2. The molecule has 0 N–H and O–H groups in total. The summed E-state index contributed by atoms with van der Waals surface area (Å²) in [5, 5.41) is 2.57. The van der Waals surface area contributed by atoms with Crippen LogP contribution in [-0.4, -0.2) is 30.5 Å². The van der Waals surface area contributed by atoms with Crippen LogP contribution >= 0.6 is 34.7 Å². The largest absolute Gasteiger partial charge is 0.493 e. The van der Waals surface area contributed by atoms with Gasteiger partial charge in [0.25, 0.3) is 5.56 Å². The minimum absolute atomic E-state index is 0.178. The van der Waals surface area contributed by atoms with E-state index < -0.39 is 12.0 Å². The molecule has 0 saturated heterocycles. The highest BCUT2D eigenvalue weighted by Crippen LogP contribution is 2.38. The number of carbonyl (C=O) groups is 1. The van der Waals surface area contributed by atoms with Crippen molar-refractivity contribution in [3.63, 3.8) is 0 Å². The Balaban J connectivity index is 1.33. The summed E-state index contributed by atoms with van der Waals surface area (Å²) in [6.07, 6.45) is 3.76. The maximum absolute atomic E-state index is 14.4. The highest BCUT2D eigenvalue weighted by molar-refractivity contribution is 7.98. The van der Waals surface area contributed by atoms with E-state index >= 15 is 0 Å². The number of carbonyl (C=O) groups excluding carboxylic acids is 1. The summed E-state index contributed by atoms with van der Waals surface area (Å²) in [5.74, 6) is 0.319. The second-order valence-electron chi connectivity index (χ2n) is 11.7. The number of methoxy groups -OCH3 is 1. The number of esters is 1. The van der Waals surface area contributed by atoms with Gasteiger partial charge in [0.1, 0.15) is 6.61 Å². The van der Waals surface area contributed by atoms with Crippen molar-refractivity contribution >= 4 is 63.2 Å². The number of thioether (sulfide) groups is 1. The number of hydrogen-bond donors (Lipinski definition) is 0. The molecule has 0 saturated carbocycles. The minimum atomic E-state index is -0.767. The lowest BCUT2D eigenvalue weighted by Gasteiger charge is -2.26.